The minimum atomic E-state index is -0.908. The number of aliphatic hydroxyl groups excluding tert-OH is 1. The Morgan fingerprint density at radius 2 is 1.81 bits per heavy atom. The predicted octanol–water partition coefficient (Wildman–Crippen LogP) is 6.07. The number of rotatable bonds is 4. The highest BCUT2D eigenvalue weighted by atomic mass is 33.1. The van der Waals surface area contributed by atoms with Gasteiger partial charge in [-0.05, 0) is 104 Å². The standard InChI is InChI=1S/C41H47N3O7S2/c1-3-40(14-4-5-15-40)19-28-26-8-7-25-24-12-16-41(35(25)34(26)37(47)50-28)29-9-6-22(2)39(49)53-52-21-43-30-18-23(13-17-42-30)27(33(24)36(41)38(48)51-29)20-44-31(45)10-11-32(44)46/h9-11,13,18-19,22,24-25,27,35,39,42-43,49H,3-8,12,14-17,20-21H2,1-2H3/b28-19-,29-9-/t22-,24+,25+,27+,35-,39+,41+/m1/s1. The maximum Gasteiger partial charge on any atom is 0.340 e. The van der Waals surface area contributed by atoms with Crippen LogP contribution in [0.25, 0.3) is 0 Å². The average molecular weight is 758 g/mol. The molecule has 5 aliphatic carbocycles. The van der Waals surface area contributed by atoms with E-state index in [1.165, 1.54) is 51.5 Å². The molecule has 1 spiro atoms. The van der Waals surface area contributed by atoms with Gasteiger partial charge >= 0.3 is 11.9 Å². The van der Waals surface area contributed by atoms with Crippen LogP contribution in [-0.2, 0) is 28.7 Å². The second-order valence-electron chi connectivity index (χ2n) is 16.3. The lowest BCUT2D eigenvalue weighted by atomic mass is 9.43. The number of hydrogen-bond acceptors (Lipinski definition) is 11. The lowest BCUT2D eigenvalue weighted by molar-refractivity contribution is -0.138. The van der Waals surface area contributed by atoms with Gasteiger partial charge in [0.2, 0.25) is 0 Å². The molecular weight excluding hydrogens is 711 g/mol. The van der Waals surface area contributed by atoms with Crippen LogP contribution >= 0.6 is 21.6 Å². The first-order valence-corrected chi connectivity index (χ1v) is 21.8. The van der Waals surface area contributed by atoms with Crippen molar-refractivity contribution in [2.45, 2.75) is 83.5 Å². The normalized spacial score (nSPS) is 37.8. The van der Waals surface area contributed by atoms with Gasteiger partial charge < -0.3 is 25.2 Å². The minimum absolute atomic E-state index is 0.0284. The number of amides is 2. The summed E-state index contributed by atoms with van der Waals surface area (Å²) in [5, 5.41) is 18.0. The van der Waals surface area contributed by atoms with Gasteiger partial charge in [-0.25, -0.2) is 9.59 Å². The van der Waals surface area contributed by atoms with Gasteiger partial charge in [0.1, 0.15) is 17.0 Å². The zero-order chi connectivity index (χ0) is 36.6. The first kappa shape index (κ1) is 35.2. The molecule has 53 heavy (non-hydrogen) atoms. The van der Waals surface area contributed by atoms with Gasteiger partial charge in [0, 0.05) is 48.2 Å². The number of nitrogens with zero attached hydrogens (tertiary/aromatic N) is 1. The molecule has 12 heteroatoms. The smallest absolute Gasteiger partial charge is 0.340 e. The summed E-state index contributed by atoms with van der Waals surface area (Å²) in [6.07, 6.45) is 20.0. The molecule has 0 unspecified atom stereocenters. The number of nitrogens with one attached hydrogen (secondary N) is 2. The average Bonchev–Trinajstić information content (AvgIpc) is 3.92. The van der Waals surface area contributed by atoms with E-state index in [2.05, 4.69) is 29.7 Å². The maximum atomic E-state index is 14.6. The van der Waals surface area contributed by atoms with E-state index in [0.29, 0.717) is 54.3 Å². The van der Waals surface area contributed by atoms with E-state index in [1.54, 1.807) is 0 Å². The Labute approximate surface area is 318 Å². The third-order valence-corrected chi connectivity index (χ3v) is 16.2. The lowest BCUT2D eigenvalue weighted by Gasteiger charge is -2.57. The molecule has 3 N–H and O–H groups in total. The van der Waals surface area contributed by atoms with Crippen LogP contribution < -0.4 is 10.6 Å². The molecule has 0 aromatic heterocycles. The van der Waals surface area contributed by atoms with Gasteiger partial charge in [0.15, 0.2) is 0 Å². The predicted molar refractivity (Wildman–Crippen MR) is 201 cm³/mol. The lowest BCUT2D eigenvalue weighted by Crippen LogP contribution is -2.54. The van der Waals surface area contributed by atoms with Crippen LogP contribution in [0.5, 0.6) is 0 Å². The van der Waals surface area contributed by atoms with E-state index in [9.17, 15) is 24.3 Å². The maximum absolute atomic E-state index is 14.6. The molecule has 5 heterocycles. The topological polar surface area (TPSA) is 134 Å². The van der Waals surface area contributed by atoms with Crippen molar-refractivity contribution in [2.24, 2.45) is 40.4 Å². The number of carbonyl (C=O) groups is 4. The molecule has 3 fully saturated rings. The van der Waals surface area contributed by atoms with E-state index in [1.807, 2.05) is 19.1 Å². The third-order valence-electron chi connectivity index (χ3n) is 13.8. The molecule has 0 aromatic rings. The molecule has 2 amide bonds. The van der Waals surface area contributed by atoms with E-state index in [-0.39, 0.29) is 53.4 Å². The molecule has 0 aromatic carbocycles. The summed E-state index contributed by atoms with van der Waals surface area (Å²) in [4.78, 5) is 56.4. The van der Waals surface area contributed by atoms with Gasteiger partial charge in [-0.15, -0.1) is 0 Å². The fraction of sp³-hybridized carbons (Fsp3) is 0.561. The molecule has 2 saturated carbocycles. The fourth-order valence-electron chi connectivity index (χ4n) is 11.1. The number of fused-ring (bicyclic) bond motifs is 2. The Bertz CT molecular complexity index is 1880. The summed E-state index contributed by atoms with van der Waals surface area (Å²) in [5.74, 6) is 0.271. The van der Waals surface area contributed by atoms with Crippen molar-refractivity contribution < 1.29 is 33.8 Å². The number of carbonyl (C=O) groups excluding carboxylic acids is 4. The van der Waals surface area contributed by atoms with Crippen molar-refractivity contribution in [3.63, 3.8) is 0 Å². The van der Waals surface area contributed by atoms with E-state index in [4.69, 9.17) is 9.47 Å². The van der Waals surface area contributed by atoms with E-state index >= 15 is 0 Å². The van der Waals surface area contributed by atoms with Gasteiger partial charge in [-0.2, -0.15) is 0 Å². The largest absolute Gasteiger partial charge is 0.427 e. The Hall–Kier alpha value is -3.48. The number of allylic oxidation sites excluding steroid dienone is 5. The van der Waals surface area contributed by atoms with Gasteiger partial charge in [-0.1, -0.05) is 54.4 Å². The van der Waals surface area contributed by atoms with Crippen molar-refractivity contribution in [3.05, 3.63) is 81.7 Å². The van der Waals surface area contributed by atoms with Crippen LogP contribution in [0, 0.1) is 40.4 Å². The molecule has 5 aliphatic heterocycles. The highest BCUT2D eigenvalue weighted by molar-refractivity contribution is 8.76. The van der Waals surface area contributed by atoms with Gasteiger partial charge in [-0.3, -0.25) is 14.5 Å². The number of esters is 2. The van der Waals surface area contributed by atoms with Crippen molar-refractivity contribution in [1.29, 1.82) is 0 Å². The van der Waals surface area contributed by atoms with Crippen LogP contribution in [0.2, 0.25) is 0 Å². The SMILES string of the molecule is CCC1(/C=C2\OC(=O)C3=C2CC[C@H]2[C@@H]4CC[C@@]5(C6=C4[C@@H](CN4C(=O)C=CC4=O)C4=CCNC(=C4)NCSS[C@H](O)[C@H](C)C/C=C/5OC6=O)[C@@H]32)CCCC1. The van der Waals surface area contributed by atoms with Crippen LogP contribution in [0.15, 0.2) is 81.7 Å². The minimum Gasteiger partial charge on any atom is -0.427 e. The van der Waals surface area contributed by atoms with Crippen LogP contribution in [-0.4, -0.2) is 58.2 Å². The summed E-state index contributed by atoms with van der Waals surface area (Å²) >= 11 is 0. The van der Waals surface area contributed by atoms with E-state index in [0.717, 1.165) is 54.6 Å². The first-order valence-electron chi connectivity index (χ1n) is 19.4. The second kappa shape index (κ2) is 13.4. The Morgan fingerprint density at radius 3 is 2.58 bits per heavy atom. The zero-order valence-electron chi connectivity index (χ0n) is 30.3. The Kier molecular flexibility index (Phi) is 8.89. The Morgan fingerprint density at radius 1 is 1.02 bits per heavy atom. The van der Waals surface area contributed by atoms with E-state index < -0.39 is 22.7 Å². The number of imide groups is 1. The quantitative estimate of drug-likeness (QED) is 0.175. The van der Waals surface area contributed by atoms with Gasteiger partial charge in [0.05, 0.1) is 22.7 Å². The summed E-state index contributed by atoms with van der Waals surface area (Å²) in [7, 11) is 2.93. The van der Waals surface area contributed by atoms with Crippen LogP contribution in [0.3, 0.4) is 0 Å². The van der Waals surface area contributed by atoms with Crippen LogP contribution in [0.1, 0.15) is 78.1 Å². The second-order valence-corrected chi connectivity index (χ2v) is 18.7. The third kappa shape index (κ3) is 5.55. The molecule has 280 valence electrons. The molecule has 0 radical (unpaired) electrons. The number of dihydropyridines is 1. The molecule has 10 nitrogen and oxygen atoms in total. The number of aliphatic hydroxyl groups is 1. The highest BCUT2D eigenvalue weighted by Crippen LogP contribution is 2.71. The molecule has 10 rings (SSSR count). The number of cyclic esters (lactones) is 1. The molecule has 10 aliphatic rings. The van der Waals surface area contributed by atoms with Crippen molar-refractivity contribution in [3.8, 4) is 0 Å². The molecule has 7 atom stereocenters. The van der Waals surface area contributed by atoms with Gasteiger partial charge in [0.25, 0.3) is 11.8 Å². The molecule has 7 bridgehead atoms. The van der Waals surface area contributed by atoms with Crippen molar-refractivity contribution in [1.82, 2.24) is 15.5 Å². The van der Waals surface area contributed by atoms with Crippen LogP contribution in [0.4, 0.5) is 0 Å². The number of hydrogen-bond donors (Lipinski definition) is 3. The summed E-state index contributed by atoms with van der Waals surface area (Å²) in [6.45, 7) is 4.85. The number of ether oxygens (including phenoxy) is 2. The monoisotopic (exact) mass is 757 g/mol. The fourth-order valence-corrected chi connectivity index (χ4v) is 13.2. The summed E-state index contributed by atoms with van der Waals surface area (Å²) in [5.41, 5.74) is 2.62. The molecule has 1 saturated heterocycles. The highest BCUT2D eigenvalue weighted by Gasteiger charge is 2.69. The zero-order valence-corrected chi connectivity index (χ0v) is 31.9. The molecular formula is C41H47N3O7S2. The summed E-state index contributed by atoms with van der Waals surface area (Å²) < 4.78 is 12.6. The first-order chi connectivity index (χ1) is 25.6. The Balaban J connectivity index is 1.25. The van der Waals surface area contributed by atoms with Crippen molar-refractivity contribution in [2.75, 3.05) is 19.0 Å². The van der Waals surface area contributed by atoms with Crippen molar-refractivity contribution >= 4 is 45.3 Å². The summed E-state index contributed by atoms with van der Waals surface area (Å²) in [6, 6.07) is 0.